The van der Waals surface area contributed by atoms with Gasteiger partial charge in [-0.15, -0.1) is 11.3 Å². The molecule has 1 fully saturated rings. The fourth-order valence-corrected chi connectivity index (χ4v) is 3.71. The summed E-state index contributed by atoms with van der Waals surface area (Å²) in [6, 6.07) is 2.11. The number of aryl methyl sites for hydroxylation is 2. The molecule has 2 aromatic rings. The Morgan fingerprint density at radius 1 is 1.48 bits per heavy atom. The van der Waals surface area contributed by atoms with Crippen LogP contribution in [-0.4, -0.2) is 39.3 Å². The molecule has 1 aliphatic heterocycles. The number of nitrogens with zero attached hydrogens (tertiary/aromatic N) is 4. The van der Waals surface area contributed by atoms with Gasteiger partial charge in [-0.25, -0.2) is 4.98 Å². The number of rotatable bonds is 6. The third kappa shape index (κ3) is 3.70. The zero-order valence-corrected chi connectivity index (χ0v) is 13.6. The summed E-state index contributed by atoms with van der Waals surface area (Å²) in [6.07, 6.45) is 3.16. The molecule has 0 amide bonds. The lowest BCUT2D eigenvalue weighted by molar-refractivity contribution is 0.217. The maximum Gasteiger partial charge on any atom is 0.0798 e. The van der Waals surface area contributed by atoms with Gasteiger partial charge in [-0.1, -0.05) is 0 Å². The molecule has 114 valence electrons. The van der Waals surface area contributed by atoms with Crippen molar-refractivity contribution in [3.8, 4) is 0 Å². The average molecular weight is 305 g/mol. The van der Waals surface area contributed by atoms with E-state index in [9.17, 15) is 0 Å². The van der Waals surface area contributed by atoms with Gasteiger partial charge >= 0.3 is 0 Å². The Morgan fingerprint density at radius 3 is 3.00 bits per heavy atom. The Balaban J connectivity index is 1.70. The van der Waals surface area contributed by atoms with Gasteiger partial charge in [0.25, 0.3) is 0 Å². The molecule has 3 rings (SSSR count). The minimum Gasteiger partial charge on any atom is -0.316 e. The number of hydrogen-bond acceptors (Lipinski definition) is 5. The molecule has 0 unspecified atom stereocenters. The summed E-state index contributed by atoms with van der Waals surface area (Å²) in [5.41, 5.74) is 4.38. The van der Waals surface area contributed by atoms with E-state index in [0.717, 1.165) is 38.6 Å². The third-order valence-corrected chi connectivity index (χ3v) is 5.12. The van der Waals surface area contributed by atoms with Crippen LogP contribution in [0, 0.1) is 12.8 Å². The Morgan fingerprint density at radius 2 is 2.38 bits per heavy atom. The molecule has 6 heteroatoms. The van der Waals surface area contributed by atoms with Crippen molar-refractivity contribution in [3.63, 3.8) is 0 Å². The van der Waals surface area contributed by atoms with E-state index in [2.05, 4.69) is 33.3 Å². The highest BCUT2D eigenvalue weighted by atomic mass is 32.1. The summed E-state index contributed by atoms with van der Waals surface area (Å²) in [5.74, 6) is 0.756. The van der Waals surface area contributed by atoms with Gasteiger partial charge in [0, 0.05) is 37.8 Å². The second-order valence-electron chi connectivity index (χ2n) is 5.84. The van der Waals surface area contributed by atoms with Gasteiger partial charge in [0.2, 0.25) is 0 Å². The maximum absolute atomic E-state index is 4.38. The van der Waals surface area contributed by atoms with Crippen molar-refractivity contribution in [2.45, 2.75) is 26.4 Å². The van der Waals surface area contributed by atoms with E-state index in [4.69, 9.17) is 0 Å². The van der Waals surface area contributed by atoms with E-state index in [0.29, 0.717) is 0 Å². The Kier molecular flexibility index (Phi) is 4.67. The van der Waals surface area contributed by atoms with Crippen molar-refractivity contribution in [1.82, 2.24) is 25.0 Å². The van der Waals surface area contributed by atoms with Crippen molar-refractivity contribution >= 4 is 11.3 Å². The first-order chi connectivity index (χ1) is 10.2. The first-order valence-electron chi connectivity index (χ1n) is 7.51. The smallest absolute Gasteiger partial charge is 0.0798 e. The first kappa shape index (κ1) is 14.7. The molecule has 0 saturated carbocycles. The molecule has 1 N–H and O–H groups in total. The van der Waals surface area contributed by atoms with Crippen LogP contribution in [0.15, 0.2) is 17.8 Å². The van der Waals surface area contributed by atoms with E-state index in [1.54, 1.807) is 11.3 Å². The summed E-state index contributed by atoms with van der Waals surface area (Å²) < 4.78 is 1.97. The summed E-state index contributed by atoms with van der Waals surface area (Å²) in [7, 11) is 2.02. The molecule has 0 aromatic carbocycles. The van der Waals surface area contributed by atoms with Crippen LogP contribution in [0.2, 0.25) is 0 Å². The number of thiazole rings is 1. The van der Waals surface area contributed by atoms with Gasteiger partial charge < -0.3 is 5.32 Å². The minimum absolute atomic E-state index is 0.756. The topological polar surface area (TPSA) is 46.0 Å². The van der Waals surface area contributed by atoms with Crippen LogP contribution in [0.5, 0.6) is 0 Å². The average Bonchev–Trinajstić information content (AvgIpc) is 3.17. The molecule has 0 bridgehead atoms. The fraction of sp³-hybridized carbons (Fsp3) is 0.600. The highest BCUT2D eigenvalue weighted by molar-refractivity contribution is 7.09. The van der Waals surface area contributed by atoms with Gasteiger partial charge in [-0.05, 0) is 38.4 Å². The largest absolute Gasteiger partial charge is 0.316 e. The molecule has 0 aliphatic carbocycles. The molecule has 0 radical (unpaired) electrons. The lowest BCUT2D eigenvalue weighted by Gasteiger charge is -2.25. The quantitative estimate of drug-likeness (QED) is 0.884. The monoisotopic (exact) mass is 305 g/mol. The van der Waals surface area contributed by atoms with Crippen LogP contribution in [-0.2, 0) is 20.1 Å². The molecule has 2 aromatic heterocycles. The second-order valence-corrected chi connectivity index (χ2v) is 6.77. The van der Waals surface area contributed by atoms with Gasteiger partial charge in [0.1, 0.15) is 0 Å². The molecule has 1 atom stereocenters. The fourth-order valence-electron chi connectivity index (χ4n) is 2.89. The van der Waals surface area contributed by atoms with Crippen LogP contribution < -0.4 is 5.32 Å². The SMILES string of the molecule is Cc1ncsc1CN(Cc1ccnn1C)C[C@@H]1CCNC1. The van der Waals surface area contributed by atoms with Crippen molar-refractivity contribution in [2.75, 3.05) is 19.6 Å². The highest BCUT2D eigenvalue weighted by Crippen LogP contribution is 2.19. The zero-order valence-electron chi connectivity index (χ0n) is 12.7. The molecular weight excluding hydrogens is 282 g/mol. The van der Waals surface area contributed by atoms with Crippen molar-refractivity contribution in [1.29, 1.82) is 0 Å². The Hall–Kier alpha value is -1.24. The predicted octanol–water partition coefficient (Wildman–Crippen LogP) is 1.80. The van der Waals surface area contributed by atoms with Crippen LogP contribution in [0.1, 0.15) is 22.7 Å². The van der Waals surface area contributed by atoms with Gasteiger partial charge in [-0.2, -0.15) is 5.10 Å². The number of aromatic nitrogens is 3. The highest BCUT2D eigenvalue weighted by Gasteiger charge is 2.20. The lowest BCUT2D eigenvalue weighted by atomic mass is 10.1. The summed E-state index contributed by atoms with van der Waals surface area (Å²) >= 11 is 1.76. The van der Waals surface area contributed by atoms with Gasteiger partial charge in [0.05, 0.1) is 16.9 Å². The predicted molar refractivity (Wildman–Crippen MR) is 85.1 cm³/mol. The summed E-state index contributed by atoms with van der Waals surface area (Å²) in [6.45, 7) is 7.47. The van der Waals surface area contributed by atoms with E-state index < -0.39 is 0 Å². The van der Waals surface area contributed by atoms with E-state index >= 15 is 0 Å². The third-order valence-electron chi connectivity index (χ3n) is 4.20. The summed E-state index contributed by atoms with van der Waals surface area (Å²) in [4.78, 5) is 8.29. The Bertz CT molecular complexity index is 528. The zero-order chi connectivity index (χ0) is 14.7. The molecule has 21 heavy (non-hydrogen) atoms. The molecular formula is C15H23N5S. The number of nitrogens with one attached hydrogen (secondary N) is 1. The first-order valence-corrected chi connectivity index (χ1v) is 8.39. The summed E-state index contributed by atoms with van der Waals surface area (Å²) in [5, 5.41) is 7.75. The van der Waals surface area contributed by atoms with Crippen molar-refractivity contribution < 1.29 is 0 Å². The second kappa shape index (κ2) is 6.68. The molecule has 0 spiro atoms. The van der Waals surface area contributed by atoms with Crippen molar-refractivity contribution in [2.24, 2.45) is 13.0 Å². The molecule has 3 heterocycles. The van der Waals surface area contributed by atoms with E-state index in [1.165, 1.54) is 22.7 Å². The van der Waals surface area contributed by atoms with Crippen LogP contribution in [0.3, 0.4) is 0 Å². The maximum atomic E-state index is 4.38. The molecule has 1 saturated heterocycles. The van der Waals surface area contributed by atoms with Crippen molar-refractivity contribution in [3.05, 3.63) is 34.0 Å². The Labute approximate surface area is 130 Å². The normalized spacial score (nSPS) is 18.7. The van der Waals surface area contributed by atoms with E-state index in [1.807, 2.05) is 23.4 Å². The van der Waals surface area contributed by atoms with Gasteiger partial charge in [-0.3, -0.25) is 9.58 Å². The van der Waals surface area contributed by atoms with Crippen LogP contribution in [0.25, 0.3) is 0 Å². The van der Waals surface area contributed by atoms with Crippen LogP contribution >= 0.6 is 11.3 Å². The molecule has 5 nitrogen and oxygen atoms in total. The standard InChI is InChI=1S/C15H23N5S/c1-12-15(21-11-17-12)10-20(8-13-3-5-16-7-13)9-14-4-6-18-19(14)2/h4,6,11,13,16H,3,5,7-10H2,1-2H3/t13-/m1/s1. The number of hydrogen-bond donors (Lipinski definition) is 1. The van der Waals surface area contributed by atoms with E-state index in [-0.39, 0.29) is 0 Å². The van der Waals surface area contributed by atoms with Crippen LogP contribution in [0.4, 0.5) is 0 Å². The van der Waals surface area contributed by atoms with Gasteiger partial charge in [0.15, 0.2) is 0 Å². The molecule has 1 aliphatic rings. The lowest BCUT2D eigenvalue weighted by Crippen LogP contribution is -2.30. The minimum atomic E-state index is 0.756.